The van der Waals surface area contributed by atoms with E-state index in [1.54, 1.807) is 0 Å². The number of carbonyl (C=O) groups is 1. The van der Waals surface area contributed by atoms with Crippen molar-refractivity contribution in [2.75, 3.05) is 12.9 Å². The van der Waals surface area contributed by atoms with E-state index in [1.165, 1.54) is 0 Å². The number of hydrogen-bond donors (Lipinski definition) is 1. The van der Waals surface area contributed by atoms with Crippen LogP contribution < -0.4 is 4.74 Å². The van der Waals surface area contributed by atoms with Gasteiger partial charge in [-0.05, 0) is 23.8 Å². The number of rotatable bonds is 6. The van der Waals surface area contributed by atoms with Crippen LogP contribution in [0.15, 0.2) is 34.3 Å². The molecule has 34 heavy (non-hydrogen) atoms. The summed E-state index contributed by atoms with van der Waals surface area (Å²) in [5.74, 6) is -7.10. The molecule has 2 heterocycles. The van der Waals surface area contributed by atoms with E-state index < -0.39 is 68.4 Å². The number of H-pyrrole nitrogens is 1. The molecule has 0 amide bonds. The minimum Gasteiger partial charge on any atom is -0.486 e. The van der Waals surface area contributed by atoms with E-state index in [-0.39, 0.29) is 17.5 Å². The largest absolute Gasteiger partial charge is 0.486 e. The molecule has 2 aromatic rings. The number of aliphatic imine (C=N–C) groups is 1. The lowest BCUT2D eigenvalue weighted by Gasteiger charge is -2.22. The topological polar surface area (TPSA) is 88.6 Å². The maximum Gasteiger partial charge on any atom is 0.456 e. The Balaban J connectivity index is 1.96. The van der Waals surface area contributed by atoms with Gasteiger partial charge in [0.05, 0.1) is 10.5 Å². The normalized spacial score (nSPS) is 16.9. The van der Waals surface area contributed by atoms with Gasteiger partial charge in [0.25, 0.3) is 0 Å². The van der Waals surface area contributed by atoms with Crippen LogP contribution >= 0.6 is 0 Å². The fourth-order valence-electron chi connectivity index (χ4n) is 3.10. The highest BCUT2D eigenvalue weighted by atomic mass is 32.2. The standard InChI is InChI=1S/C19H14F8N2O4S/c1-34(31,32)10-2-3-14(33-8-17(20,21)19(25,26)27)11(5-10)15(30)13-4-9-6-29-16(18(22,23)24)12(9)7-28-13/h2-3,5-7,13,29H,4,8H2,1H3. The van der Waals surface area contributed by atoms with Crippen molar-refractivity contribution < 1.29 is 53.1 Å². The van der Waals surface area contributed by atoms with Gasteiger partial charge in [0.2, 0.25) is 0 Å². The smallest absolute Gasteiger partial charge is 0.456 e. The molecule has 1 aliphatic heterocycles. The number of aromatic nitrogens is 1. The predicted octanol–water partition coefficient (Wildman–Crippen LogP) is 4.24. The molecule has 1 atom stereocenters. The van der Waals surface area contributed by atoms with Gasteiger partial charge in [-0.2, -0.15) is 35.1 Å². The molecule has 0 spiro atoms. The van der Waals surface area contributed by atoms with Crippen LogP contribution in [-0.4, -0.2) is 56.4 Å². The van der Waals surface area contributed by atoms with Crippen LogP contribution in [0.4, 0.5) is 35.1 Å². The van der Waals surface area contributed by atoms with Gasteiger partial charge in [0, 0.05) is 30.7 Å². The highest BCUT2D eigenvalue weighted by Gasteiger charge is 2.58. The zero-order chi connectivity index (χ0) is 25.7. The van der Waals surface area contributed by atoms with Crippen LogP contribution in [0.25, 0.3) is 0 Å². The van der Waals surface area contributed by atoms with Crippen molar-refractivity contribution in [1.29, 1.82) is 0 Å². The molecule has 1 N–H and O–H groups in total. The zero-order valence-corrected chi connectivity index (χ0v) is 17.7. The first-order valence-corrected chi connectivity index (χ1v) is 11.1. The third-order valence-electron chi connectivity index (χ3n) is 4.86. The summed E-state index contributed by atoms with van der Waals surface area (Å²) >= 11 is 0. The number of fused-ring (bicyclic) bond motifs is 1. The molecule has 0 radical (unpaired) electrons. The molecule has 15 heteroatoms. The Labute approximate surface area is 186 Å². The van der Waals surface area contributed by atoms with Gasteiger partial charge in [-0.3, -0.25) is 9.79 Å². The number of hydrogen-bond acceptors (Lipinski definition) is 5. The van der Waals surface area contributed by atoms with Gasteiger partial charge in [-0.25, -0.2) is 8.42 Å². The molecule has 186 valence electrons. The number of Topliss-reactive ketones (excluding diaryl/α,β-unsaturated/α-hetero) is 1. The molecule has 0 bridgehead atoms. The molecule has 0 saturated heterocycles. The van der Waals surface area contributed by atoms with Crippen LogP contribution in [0.5, 0.6) is 5.75 Å². The van der Waals surface area contributed by atoms with Crippen LogP contribution in [0, 0.1) is 0 Å². The van der Waals surface area contributed by atoms with Crippen molar-refractivity contribution in [3.8, 4) is 5.75 Å². The molecular weight excluding hydrogens is 504 g/mol. The van der Waals surface area contributed by atoms with E-state index >= 15 is 0 Å². The minimum atomic E-state index is -5.95. The number of nitrogens with zero attached hydrogens (tertiary/aromatic N) is 1. The number of ether oxygens (including phenoxy) is 1. The Kier molecular flexibility index (Phi) is 6.30. The molecule has 0 fully saturated rings. The van der Waals surface area contributed by atoms with Gasteiger partial charge in [-0.1, -0.05) is 0 Å². The van der Waals surface area contributed by atoms with Gasteiger partial charge >= 0.3 is 18.3 Å². The Morgan fingerprint density at radius 3 is 2.35 bits per heavy atom. The van der Waals surface area contributed by atoms with Crippen LogP contribution in [-0.2, 0) is 22.4 Å². The second-order valence-electron chi connectivity index (χ2n) is 7.38. The van der Waals surface area contributed by atoms with Gasteiger partial charge in [0.15, 0.2) is 22.2 Å². The molecule has 1 aliphatic rings. The first-order chi connectivity index (χ1) is 15.4. The maximum atomic E-state index is 13.3. The average molecular weight is 518 g/mol. The summed E-state index contributed by atoms with van der Waals surface area (Å²) in [5.41, 5.74) is -2.04. The van der Waals surface area contributed by atoms with Crippen molar-refractivity contribution in [3.63, 3.8) is 0 Å². The Morgan fingerprint density at radius 1 is 1.15 bits per heavy atom. The molecule has 1 aromatic heterocycles. The first kappa shape index (κ1) is 25.6. The van der Waals surface area contributed by atoms with Crippen molar-refractivity contribution in [2.45, 2.75) is 35.6 Å². The summed E-state index contributed by atoms with van der Waals surface area (Å²) in [6.07, 6.45) is -8.52. The van der Waals surface area contributed by atoms with E-state index in [4.69, 9.17) is 0 Å². The SMILES string of the molecule is CS(=O)(=O)c1ccc(OCC(F)(F)C(F)(F)F)c(C(=O)C2Cc3c[nH]c(C(F)(F)F)c3C=N2)c1. The monoisotopic (exact) mass is 518 g/mol. The number of sulfone groups is 1. The summed E-state index contributed by atoms with van der Waals surface area (Å²) in [7, 11) is -3.94. The molecule has 0 aliphatic carbocycles. The molecular formula is C19H14F8N2O4S. The zero-order valence-electron chi connectivity index (χ0n) is 16.9. The lowest BCUT2D eigenvalue weighted by atomic mass is 9.94. The first-order valence-electron chi connectivity index (χ1n) is 9.18. The average Bonchev–Trinajstić information content (AvgIpc) is 3.14. The number of halogens is 8. The summed E-state index contributed by atoms with van der Waals surface area (Å²) in [6, 6.07) is 0.898. The van der Waals surface area contributed by atoms with E-state index in [1.807, 2.05) is 4.98 Å². The quantitative estimate of drug-likeness (QED) is 0.458. The van der Waals surface area contributed by atoms with Crippen molar-refractivity contribution in [2.24, 2.45) is 4.99 Å². The molecule has 6 nitrogen and oxygen atoms in total. The van der Waals surface area contributed by atoms with Gasteiger partial charge in [0.1, 0.15) is 17.5 Å². The summed E-state index contributed by atoms with van der Waals surface area (Å²) in [6.45, 7) is -2.19. The summed E-state index contributed by atoms with van der Waals surface area (Å²) in [5, 5.41) is 0. The Bertz CT molecular complexity index is 1250. The van der Waals surface area contributed by atoms with Gasteiger partial charge < -0.3 is 9.72 Å². The number of aromatic amines is 1. The second kappa shape index (κ2) is 8.36. The highest BCUT2D eigenvalue weighted by molar-refractivity contribution is 7.90. The molecule has 3 rings (SSSR count). The van der Waals surface area contributed by atoms with Crippen LogP contribution in [0.1, 0.15) is 27.2 Å². The third-order valence-corrected chi connectivity index (χ3v) is 5.97. The third kappa shape index (κ3) is 5.08. The number of alkyl halides is 8. The maximum absolute atomic E-state index is 13.3. The second-order valence-corrected chi connectivity index (χ2v) is 9.40. The van der Waals surface area contributed by atoms with Crippen molar-refractivity contribution in [3.05, 3.63) is 46.8 Å². The molecule has 0 saturated carbocycles. The van der Waals surface area contributed by atoms with Crippen molar-refractivity contribution >= 4 is 21.8 Å². The lowest BCUT2D eigenvalue weighted by molar-refractivity contribution is -0.290. The molecule has 1 unspecified atom stereocenters. The van der Waals surface area contributed by atoms with E-state index in [0.717, 1.165) is 36.9 Å². The van der Waals surface area contributed by atoms with Gasteiger partial charge in [-0.15, -0.1) is 0 Å². The lowest BCUT2D eigenvalue weighted by Crippen LogP contribution is -2.42. The van der Waals surface area contributed by atoms with Crippen LogP contribution in [0.2, 0.25) is 0 Å². The number of carbonyl (C=O) groups excluding carboxylic acids is 1. The fraction of sp³-hybridized carbons (Fsp3) is 0.368. The Morgan fingerprint density at radius 2 is 1.79 bits per heavy atom. The number of ketones is 1. The highest BCUT2D eigenvalue weighted by Crippen LogP contribution is 2.37. The summed E-state index contributed by atoms with van der Waals surface area (Å²) in [4.78, 5) is 18.3. The van der Waals surface area contributed by atoms with Crippen LogP contribution in [0.3, 0.4) is 0 Å². The number of nitrogens with one attached hydrogen (secondary N) is 1. The summed E-state index contributed by atoms with van der Waals surface area (Å²) < 4.78 is 131. The molecule has 1 aromatic carbocycles. The van der Waals surface area contributed by atoms with E-state index in [0.29, 0.717) is 0 Å². The number of benzene rings is 1. The predicted molar refractivity (Wildman–Crippen MR) is 101 cm³/mol. The Hall–Kier alpha value is -2.97. The van der Waals surface area contributed by atoms with E-state index in [9.17, 15) is 48.3 Å². The van der Waals surface area contributed by atoms with Crippen molar-refractivity contribution in [1.82, 2.24) is 4.98 Å². The minimum absolute atomic E-state index is 0.0472. The van der Waals surface area contributed by atoms with E-state index in [2.05, 4.69) is 9.73 Å². The fourth-order valence-corrected chi connectivity index (χ4v) is 3.75.